The molecule has 0 aliphatic carbocycles. The number of amides is 1. The summed E-state index contributed by atoms with van der Waals surface area (Å²) in [5, 5.41) is 0. The number of hydrogen-bond acceptors (Lipinski definition) is 5. The molecule has 1 amide bonds. The molecule has 1 unspecified atom stereocenters. The Bertz CT molecular complexity index is 912. The number of methoxy groups -OCH3 is 2. The van der Waals surface area contributed by atoms with Gasteiger partial charge in [-0.1, -0.05) is 18.2 Å². The highest BCUT2D eigenvalue weighted by Gasteiger charge is 2.31. The molecule has 2 aromatic rings. The van der Waals surface area contributed by atoms with E-state index in [4.69, 9.17) is 9.47 Å². The standard InChI is InChI=1S/C20H26N2O5S/c1-15(20(23)21(2)14-16-9-11-18(26-3)12-10-16)22(28(5,24)25)17-7-6-8-19(13-17)27-4/h6-13,15H,14H2,1-5H3. The monoisotopic (exact) mass is 406 g/mol. The third kappa shape index (κ3) is 5.16. The summed E-state index contributed by atoms with van der Waals surface area (Å²) >= 11 is 0. The lowest BCUT2D eigenvalue weighted by Crippen LogP contribution is -2.48. The van der Waals surface area contributed by atoms with E-state index in [0.29, 0.717) is 18.0 Å². The average molecular weight is 407 g/mol. The largest absolute Gasteiger partial charge is 0.497 e. The summed E-state index contributed by atoms with van der Waals surface area (Å²) in [5.41, 5.74) is 1.29. The van der Waals surface area contributed by atoms with Crippen molar-refractivity contribution in [1.29, 1.82) is 0 Å². The van der Waals surface area contributed by atoms with Crippen LogP contribution in [-0.4, -0.2) is 52.8 Å². The maximum Gasteiger partial charge on any atom is 0.246 e. The molecule has 2 rings (SSSR count). The van der Waals surface area contributed by atoms with Gasteiger partial charge in [-0.15, -0.1) is 0 Å². The first-order valence-corrected chi connectivity index (χ1v) is 10.5. The number of benzene rings is 2. The average Bonchev–Trinajstić information content (AvgIpc) is 2.67. The Morgan fingerprint density at radius 3 is 2.18 bits per heavy atom. The van der Waals surface area contributed by atoms with Crippen molar-refractivity contribution in [3.8, 4) is 11.5 Å². The second-order valence-electron chi connectivity index (χ2n) is 6.48. The quantitative estimate of drug-likeness (QED) is 0.673. The molecule has 0 fully saturated rings. The van der Waals surface area contributed by atoms with Crippen LogP contribution >= 0.6 is 0 Å². The van der Waals surface area contributed by atoms with Crippen molar-refractivity contribution in [2.24, 2.45) is 0 Å². The van der Waals surface area contributed by atoms with Crippen LogP contribution < -0.4 is 13.8 Å². The second-order valence-corrected chi connectivity index (χ2v) is 8.34. The fourth-order valence-corrected chi connectivity index (χ4v) is 4.11. The van der Waals surface area contributed by atoms with E-state index >= 15 is 0 Å². The van der Waals surface area contributed by atoms with Crippen molar-refractivity contribution < 1.29 is 22.7 Å². The Kier molecular flexibility index (Phi) is 6.90. The van der Waals surface area contributed by atoms with Gasteiger partial charge in [-0.25, -0.2) is 8.42 Å². The van der Waals surface area contributed by atoms with E-state index in [0.717, 1.165) is 21.9 Å². The lowest BCUT2D eigenvalue weighted by atomic mass is 10.2. The maximum atomic E-state index is 13.0. The first kappa shape index (κ1) is 21.6. The highest BCUT2D eigenvalue weighted by atomic mass is 32.2. The van der Waals surface area contributed by atoms with Gasteiger partial charge in [0, 0.05) is 19.7 Å². The van der Waals surface area contributed by atoms with Crippen LogP contribution in [0.1, 0.15) is 12.5 Å². The Morgan fingerprint density at radius 1 is 1.04 bits per heavy atom. The van der Waals surface area contributed by atoms with Crippen molar-refractivity contribution in [3.63, 3.8) is 0 Å². The van der Waals surface area contributed by atoms with Crippen LogP contribution in [0.3, 0.4) is 0 Å². The van der Waals surface area contributed by atoms with Gasteiger partial charge in [-0.2, -0.15) is 0 Å². The zero-order valence-electron chi connectivity index (χ0n) is 16.7. The number of hydrogen-bond donors (Lipinski definition) is 0. The summed E-state index contributed by atoms with van der Waals surface area (Å²) in [4.78, 5) is 14.5. The Hall–Kier alpha value is -2.74. The molecule has 0 saturated carbocycles. The molecule has 0 aliphatic heterocycles. The van der Waals surface area contributed by atoms with Gasteiger partial charge in [-0.05, 0) is 36.8 Å². The topological polar surface area (TPSA) is 76.2 Å². The predicted molar refractivity (Wildman–Crippen MR) is 109 cm³/mol. The zero-order chi connectivity index (χ0) is 20.9. The molecule has 0 spiro atoms. The third-order valence-corrected chi connectivity index (χ3v) is 5.57. The first-order valence-electron chi connectivity index (χ1n) is 8.68. The lowest BCUT2D eigenvalue weighted by molar-refractivity contribution is -0.131. The van der Waals surface area contributed by atoms with Crippen molar-refractivity contribution in [2.75, 3.05) is 31.8 Å². The van der Waals surface area contributed by atoms with E-state index in [9.17, 15) is 13.2 Å². The number of sulfonamides is 1. The summed E-state index contributed by atoms with van der Waals surface area (Å²) in [6.45, 7) is 1.93. The van der Waals surface area contributed by atoms with Gasteiger partial charge in [0.05, 0.1) is 26.2 Å². The fraction of sp³-hybridized carbons (Fsp3) is 0.350. The molecule has 152 valence electrons. The summed E-state index contributed by atoms with van der Waals surface area (Å²) in [6.07, 6.45) is 1.08. The van der Waals surface area contributed by atoms with E-state index < -0.39 is 16.1 Å². The van der Waals surface area contributed by atoms with Crippen molar-refractivity contribution >= 4 is 21.6 Å². The van der Waals surface area contributed by atoms with Crippen LogP contribution in [0.2, 0.25) is 0 Å². The van der Waals surface area contributed by atoms with Gasteiger partial charge < -0.3 is 14.4 Å². The molecular weight excluding hydrogens is 380 g/mol. The molecule has 0 bridgehead atoms. The number of anilines is 1. The first-order chi connectivity index (χ1) is 13.2. The van der Waals surface area contributed by atoms with E-state index in [1.807, 2.05) is 24.3 Å². The molecule has 1 atom stereocenters. The highest BCUT2D eigenvalue weighted by molar-refractivity contribution is 7.92. The van der Waals surface area contributed by atoms with Gasteiger partial charge in [0.2, 0.25) is 15.9 Å². The number of nitrogens with zero attached hydrogens (tertiary/aromatic N) is 2. The molecule has 2 aromatic carbocycles. The molecule has 8 heteroatoms. The molecule has 0 radical (unpaired) electrons. The SMILES string of the molecule is COc1ccc(CN(C)C(=O)C(C)N(c2cccc(OC)c2)S(C)(=O)=O)cc1. The summed E-state index contributed by atoms with van der Waals surface area (Å²) < 4.78 is 36.3. The van der Waals surface area contributed by atoms with Crippen molar-refractivity contribution in [3.05, 3.63) is 54.1 Å². The molecule has 28 heavy (non-hydrogen) atoms. The number of rotatable bonds is 8. The molecule has 0 aromatic heterocycles. The van der Waals surface area contributed by atoms with Crippen LogP contribution in [0, 0.1) is 0 Å². The Morgan fingerprint density at radius 2 is 1.64 bits per heavy atom. The molecule has 7 nitrogen and oxygen atoms in total. The van der Waals surface area contributed by atoms with Crippen molar-refractivity contribution in [1.82, 2.24) is 4.90 Å². The minimum Gasteiger partial charge on any atom is -0.497 e. The maximum absolute atomic E-state index is 13.0. The predicted octanol–water partition coefficient (Wildman–Crippen LogP) is 2.52. The number of likely N-dealkylation sites (N-methyl/N-ethyl adjacent to an activating group) is 1. The normalized spacial score (nSPS) is 12.2. The van der Waals surface area contributed by atoms with Crippen LogP contribution in [0.15, 0.2) is 48.5 Å². The molecule has 0 heterocycles. The van der Waals surface area contributed by atoms with Gasteiger partial charge in [0.1, 0.15) is 17.5 Å². The van der Waals surface area contributed by atoms with Crippen LogP contribution in [0.25, 0.3) is 0 Å². The molecular formula is C20H26N2O5S. The minimum atomic E-state index is -3.69. The molecule has 0 N–H and O–H groups in total. The molecule has 0 aliphatic rings. The van der Waals surface area contributed by atoms with E-state index in [1.165, 1.54) is 12.0 Å². The number of ether oxygens (including phenoxy) is 2. The van der Waals surface area contributed by atoms with Crippen LogP contribution in [0.4, 0.5) is 5.69 Å². The molecule has 0 saturated heterocycles. The van der Waals surface area contributed by atoms with E-state index in [1.54, 1.807) is 45.3 Å². The zero-order valence-corrected chi connectivity index (χ0v) is 17.6. The smallest absolute Gasteiger partial charge is 0.246 e. The van der Waals surface area contributed by atoms with Crippen molar-refractivity contribution in [2.45, 2.75) is 19.5 Å². The van der Waals surface area contributed by atoms with Gasteiger partial charge in [0.25, 0.3) is 0 Å². The highest BCUT2D eigenvalue weighted by Crippen LogP contribution is 2.26. The van der Waals surface area contributed by atoms with Crippen LogP contribution in [0.5, 0.6) is 11.5 Å². The number of carbonyl (C=O) groups excluding carboxylic acids is 1. The third-order valence-electron chi connectivity index (χ3n) is 4.33. The van der Waals surface area contributed by atoms with Gasteiger partial charge >= 0.3 is 0 Å². The Balaban J connectivity index is 2.24. The lowest BCUT2D eigenvalue weighted by Gasteiger charge is -2.31. The second kappa shape index (κ2) is 8.97. The summed E-state index contributed by atoms with van der Waals surface area (Å²) in [6, 6.07) is 13.1. The van der Waals surface area contributed by atoms with Gasteiger partial charge in [-0.3, -0.25) is 9.10 Å². The van der Waals surface area contributed by atoms with Crippen LogP contribution in [-0.2, 0) is 21.4 Å². The Labute approximate surface area is 166 Å². The van der Waals surface area contributed by atoms with Gasteiger partial charge in [0.15, 0.2) is 0 Å². The number of carbonyl (C=O) groups is 1. The summed E-state index contributed by atoms with van der Waals surface area (Å²) in [5.74, 6) is 0.925. The minimum absolute atomic E-state index is 0.316. The summed E-state index contributed by atoms with van der Waals surface area (Å²) in [7, 11) is 1.05. The van der Waals surface area contributed by atoms with E-state index in [2.05, 4.69) is 0 Å². The van der Waals surface area contributed by atoms with E-state index in [-0.39, 0.29) is 5.91 Å². The fourth-order valence-electron chi connectivity index (χ4n) is 2.95.